The first kappa shape index (κ1) is 27.1. The maximum atomic E-state index is 12.0. The van der Waals surface area contributed by atoms with Crippen LogP contribution in [0.25, 0.3) is 0 Å². The van der Waals surface area contributed by atoms with Crippen LogP contribution in [0.15, 0.2) is 43.5 Å². The van der Waals surface area contributed by atoms with Crippen LogP contribution in [0.2, 0.25) is 0 Å². The largest absolute Gasteiger partial charge is 0.358 e. The van der Waals surface area contributed by atoms with Crippen molar-refractivity contribution in [2.75, 3.05) is 13.6 Å². The number of carbonyl (C=O) groups is 3. The van der Waals surface area contributed by atoms with Gasteiger partial charge in [-0.2, -0.15) is 0 Å². The summed E-state index contributed by atoms with van der Waals surface area (Å²) in [6.45, 7) is 12.3. The Morgan fingerprint density at radius 3 is 2.07 bits per heavy atom. The third kappa shape index (κ3) is 15.2. The van der Waals surface area contributed by atoms with E-state index in [9.17, 15) is 14.4 Å². The van der Waals surface area contributed by atoms with E-state index < -0.39 is 17.7 Å². The summed E-state index contributed by atoms with van der Waals surface area (Å²) < 4.78 is 0. The molecule has 0 aliphatic carbocycles. The van der Waals surface area contributed by atoms with E-state index in [1.54, 1.807) is 24.3 Å². The zero-order chi connectivity index (χ0) is 21.9. The SMILES string of the molecule is C=C.CC(C)C.CNC(=O)CNC(=O)C(C#Cc1ccccc1)CC(=O)NO. The lowest BCUT2D eigenvalue weighted by molar-refractivity contribution is -0.133. The van der Waals surface area contributed by atoms with Gasteiger partial charge in [-0.25, -0.2) is 5.48 Å². The summed E-state index contributed by atoms with van der Waals surface area (Å²) in [5, 5.41) is 13.3. The summed E-state index contributed by atoms with van der Waals surface area (Å²) >= 11 is 0. The minimum Gasteiger partial charge on any atom is -0.358 e. The molecule has 7 heteroatoms. The van der Waals surface area contributed by atoms with Crippen LogP contribution in [0.5, 0.6) is 0 Å². The van der Waals surface area contributed by atoms with Crippen molar-refractivity contribution in [2.24, 2.45) is 11.8 Å². The van der Waals surface area contributed by atoms with Gasteiger partial charge in [0.2, 0.25) is 17.7 Å². The van der Waals surface area contributed by atoms with Gasteiger partial charge >= 0.3 is 0 Å². The smallest absolute Gasteiger partial charge is 0.245 e. The number of carbonyl (C=O) groups excluding carboxylic acids is 3. The van der Waals surface area contributed by atoms with Crippen molar-refractivity contribution in [3.63, 3.8) is 0 Å². The molecule has 1 atom stereocenters. The zero-order valence-electron chi connectivity index (χ0n) is 17.0. The minimum atomic E-state index is -0.975. The van der Waals surface area contributed by atoms with Crippen molar-refractivity contribution in [1.29, 1.82) is 0 Å². The van der Waals surface area contributed by atoms with E-state index in [2.05, 4.69) is 56.4 Å². The Morgan fingerprint density at radius 1 is 1.07 bits per heavy atom. The van der Waals surface area contributed by atoms with Crippen LogP contribution in [0.4, 0.5) is 0 Å². The molecule has 7 nitrogen and oxygen atoms in total. The second-order valence-corrected chi connectivity index (χ2v) is 6.05. The van der Waals surface area contributed by atoms with Gasteiger partial charge in [0.05, 0.1) is 13.0 Å². The molecule has 3 amide bonds. The van der Waals surface area contributed by atoms with Crippen molar-refractivity contribution >= 4 is 17.7 Å². The van der Waals surface area contributed by atoms with Gasteiger partial charge in [-0.3, -0.25) is 19.6 Å². The molecule has 0 spiro atoms. The molecule has 0 saturated heterocycles. The number of amides is 3. The lowest BCUT2D eigenvalue weighted by Crippen LogP contribution is -2.39. The Kier molecular flexibility index (Phi) is 16.8. The third-order valence-corrected chi connectivity index (χ3v) is 2.70. The van der Waals surface area contributed by atoms with E-state index in [4.69, 9.17) is 5.21 Å². The Balaban J connectivity index is 0. The molecule has 0 fully saturated rings. The predicted octanol–water partition coefficient (Wildman–Crippen LogP) is 1.88. The highest BCUT2D eigenvalue weighted by Crippen LogP contribution is 2.04. The summed E-state index contributed by atoms with van der Waals surface area (Å²) in [5.41, 5.74) is 2.15. The van der Waals surface area contributed by atoms with Gasteiger partial charge < -0.3 is 10.6 Å². The Hall–Kier alpha value is -3.11. The molecule has 0 radical (unpaired) electrons. The topological polar surface area (TPSA) is 108 Å². The van der Waals surface area contributed by atoms with Gasteiger partial charge in [-0.1, -0.05) is 50.8 Å². The molecule has 0 aromatic heterocycles. The van der Waals surface area contributed by atoms with Gasteiger partial charge in [0.1, 0.15) is 5.92 Å². The van der Waals surface area contributed by atoms with Crippen molar-refractivity contribution in [3.8, 4) is 11.8 Å². The van der Waals surface area contributed by atoms with Crippen LogP contribution < -0.4 is 16.1 Å². The second-order valence-electron chi connectivity index (χ2n) is 6.05. The molecule has 1 unspecified atom stereocenters. The van der Waals surface area contributed by atoms with E-state index in [1.807, 2.05) is 6.07 Å². The lowest BCUT2D eigenvalue weighted by Gasteiger charge is -2.10. The van der Waals surface area contributed by atoms with Crippen molar-refractivity contribution in [2.45, 2.75) is 27.2 Å². The fourth-order valence-corrected chi connectivity index (χ4v) is 1.51. The van der Waals surface area contributed by atoms with Crippen molar-refractivity contribution in [3.05, 3.63) is 49.1 Å². The number of hydroxylamine groups is 1. The number of likely N-dealkylation sites (N-methyl/N-ethyl adjacent to an activating group) is 1. The first-order chi connectivity index (χ1) is 13.3. The van der Waals surface area contributed by atoms with E-state index in [0.717, 1.165) is 5.92 Å². The highest BCUT2D eigenvalue weighted by molar-refractivity contribution is 5.90. The Bertz CT molecular complexity index is 646. The standard InChI is InChI=1S/C15H17N3O4.C4H10.C2H4/c1-16-14(20)10-17-15(21)12(9-13(19)18-22)8-7-11-5-3-2-4-6-11;1-4(2)3;1-2/h2-6,12,22H,9-10H2,1H3,(H,16,20)(H,17,21)(H,18,19);4H,1-3H3;1-2H2. The average Bonchev–Trinajstić information content (AvgIpc) is 2.70. The monoisotopic (exact) mass is 389 g/mol. The average molecular weight is 389 g/mol. The van der Waals surface area contributed by atoms with Crippen LogP contribution in [0, 0.1) is 23.7 Å². The highest BCUT2D eigenvalue weighted by atomic mass is 16.5. The maximum Gasteiger partial charge on any atom is 0.245 e. The second kappa shape index (κ2) is 17.3. The van der Waals surface area contributed by atoms with E-state index in [0.29, 0.717) is 5.56 Å². The first-order valence-corrected chi connectivity index (χ1v) is 8.77. The summed E-state index contributed by atoms with van der Waals surface area (Å²) in [7, 11) is 1.44. The number of hydrogen-bond donors (Lipinski definition) is 4. The van der Waals surface area contributed by atoms with Crippen molar-refractivity contribution in [1.82, 2.24) is 16.1 Å². The first-order valence-electron chi connectivity index (χ1n) is 8.77. The highest BCUT2D eigenvalue weighted by Gasteiger charge is 2.20. The number of rotatable bonds is 5. The molecular formula is C21H31N3O4. The lowest BCUT2D eigenvalue weighted by atomic mass is 10.0. The van der Waals surface area contributed by atoms with E-state index >= 15 is 0 Å². The molecule has 0 saturated carbocycles. The summed E-state index contributed by atoms with van der Waals surface area (Å²) in [6, 6.07) is 8.95. The molecule has 0 bridgehead atoms. The number of benzene rings is 1. The van der Waals surface area contributed by atoms with Crippen LogP contribution in [-0.4, -0.2) is 36.5 Å². The summed E-state index contributed by atoms with van der Waals surface area (Å²) in [6.07, 6.45) is -0.310. The van der Waals surface area contributed by atoms with Gasteiger partial charge in [0.25, 0.3) is 0 Å². The molecule has 1 aromatic rings. The molecule has 1 aromatic carbocycles. The molecule has 4 N–H and O–H groups in total. The Morgan fingerprint density at radius 2 is 1.61 bits per heavy atom. The molecule has 154 valence electrons. The fourth-order valence-electron chi connectivity index (χ4n) is 1.51. The predicted molar refractivity (Wildman–Crippen MR) is 110 cm³/mol. The van der Waals surface area contributed by atoms with Gasteiger partial charge in [-0.05, 0) is 18.1 Å². The van der Waals surface area contributed by atoms with Crippen LogP contribution >= 0.6 is 0 Å². The summed E-state index contributed by atoms with van der Waals surface area (Å²) in [4.78, 5) is 34.3. The van der Waals surface area contributed by atoms with Gasteiger partial charge in [0.15, 0.2) is 0 Å². The molecule has 28 heavy (non-hydrogen) atoms. The quantitative estimate of drug-likeness (QED) is 0.267. The number of hydrogen-bond acceptors (Lipinski definition) is 4. The van der Waals surface area contributed by atoms with E-state index in [1.165, 1.54) is 12.5 Å². The molecular weight excluding hydrogens is 358 g/mol. The maximum absolute atomic E-state index is 12.0. The van der Waals surface area contributed by atoms with Crippen LogP contribution in [0.3, 0.4) is 0 Å². The van der Waals surface area contributed by atoms with Gasteiger partial charge in [0, 0.05) is 12.6 Å². The van der Waals surface area contributed by atoms with Crippen molar-refractivity contribution < 1.29 is 19.6 Å². The molecule has 1 rings (SSSR count). The summed E-state index contributed by atoms with van der Waals surface area (Å²) in [5.74, 6) is 3.66. The minimum absolute atomic E-state index is 0.209. The van der Waals surface area contributed by atoms with Gasteiger partial charge in [-0.15, -0.1) is 13.2 Å². The normalized spacial score (nSPS) is 9.79. The molecule has 0 heterocycles. The third-order valence-electron chi connectivity index (χ3n) is 2.70. The molecule has 0 aliphatic rings. The Labute approximate surface area is 167 Å². The molecule has 0 aliphatic heterocycles. The number of nitrogens with one attached hydrogen (secondary N) is 3. The van der Waals surface area contributed by atoms with Crippen LogP contribution in [0.1, 0.15) is 32.8 Å². The fraction of sp³-hybridized carbons (Fsp3) is 0.381. The zero-order valence-corrected chi connectivity index (χ0v) is 17.0. The van der Waals surface area contributed by atoms with Crippen LogP contribution in [-0.2, 0) is 14.4 Å². The van der Waals surface area contributed by atoms with E-state index in [-0.39, 0.29) is 18.9 Å².